The topological polar surface area (TPSA) is 87.2 Å². The van der Waals surface area contributed by atoms with Gasteiger partial charge in [0, 0.05) is 30.7 Å². The van der Waals surface area contributed by atoms with Crippen LogP contribution in [0.2, 0.25) is 0 Å². The summed E-state index contributed by atoms with van der Waals surface area (Å²) in [7, 11) is -3.87. The van der Waals surface area contributed by atoms with Gasteiger partial charge in [0.1, 0.15) is 10.6 Å². The van der Waals surface area contributed by atoms with Crippen molar-refractivity contribution in [3.63, 3.8) is 0 Å². The van der Waals surface area contributed by atoms with Gasteiger partial charge in [0.05, 0.1) is 0 Å². The molecule has 1 heterocycles. The predicted molar refractivity (Wildman–Crippen MR) is 108 cm³/mol. The zero-order valence-electron chi connectivity index (χ0n) is 15.6. The van der Waals surface area contributed by atoms with Crippen molar-refractivity contribution in [1.29, 1.82) is 0 Å². The summed E-state index contributed by atoms with van der Waals surface area (Å²) in [5.74, 6) is -1.28. The molecule has 2 aromatic carbocycles. The van der Waals surface area contributed by atoms with Crippen LogP contribution >= 0.6 is 15.9 Å². The second-order valence-corrected chi connectivity index (χ2v) is 9.44. The highest BCUT2D eigenvalue weighted by Gasteiger charge is 2.32. The van der Waals surface area contributed by atoms with E-state index in [4.69, 9.17) is 4.74 Å². The van der Waals surface area contributed by atoms with Crippen LogP contribution in [0.25, 0.3) is 0 Å². The van der Waals surface area contributed by atoms with Crippen LogP contribution in [0.5, 0.6) is 11.5 Å². The third kappa shape index (κ3) is 4.88. The normalized spacial score (nSPS) is 15.3. The summed E-state index contributed by atoms with van der Waals surface area (Å²) in [5.41, 5.74) is 0.715. The van der Waals surface area contributed by atoms with Gasteiger partial charge in [-0.15, -0.1) is 0 Å². The maximum absolute atomic E-state index is 13.8. The number of hydrogen-bond donors (Lipinski definition) is 1. The summed E-state index contributed by atoms with van der Waals surface area (Å²) in [6, 6.07) is 8.66. The van der Waals surface area contributed by atoms with Crippen molar-refractivity contribution in [1.82, 2.24) is 9.21 Å². The van der Waals surface area contributed by atoms with Crippen molar-refractivity contribution in [3.8, 4) is 11.5 Å². The number of hydrogen-bond acceptors (Lipinski definition) is 5. The largest absolute Gasteiger partial charge is 0.507 e. The first kappa shape index (κ1) is 21.5. The molecule has 2 aromatic rings. The average Bonchev–Trinajstić information content (AvgIpc) is 2.69. The van der Waals surface area contributed by atoms with Gasteiger partial charge in [0.2, 0.25) is 10.0 Å². The van der Waals surface area contributed by atoms with Crippen LogP contribution in [0.1, 0.15) is 5.56 Å². The number of rotatable bonds is 5. The quantitative estimate of drug-likeness (QED) is 0.701. The number of ether oxygens (including phenoxy) is 1. The fraction of sp³-hybridized carbons (Fsp3) is 0.316. The number of carbonyl (C=O) groups is 1. The van der Waals surface area contributed by atoms with E-state index in [1.807, 2.05) is 0 Å². The maximum Gasteiger partial charge on any atom is 0.260 e. The van der Waals surface area contributed by atoms with E-state index in [-0.39, 0.29) is 55.1 Å². The Morgan fingerprint density at radius 1 is 1.17 bits per heavy atom. The highest BCUT2D eigenvalue weighted by molar-refractivity contribution is 9.10. The first-order chi connectivity index (χ1) is 13.7. The van der Waals surface area contributed by atoms with Gasteiger partial charge in [0.25, 0.3) is 5.91 Å². The Morgan fingerprint density at radius 2 is 1.86 bits per heavy atom. The van der Waals surface area contributed by atoms with Crippen LogP contribution in [0.15, 0.2) is 45.8 Å². The van der Waals surface area contributed by atoms with Crippen LogP contribution in [0.4, 0.5) is 4.39 Å². The standard InChI is InChI=1S/C19H20BrFN2O5S/c1-13-2-4-16(24)18(10-13)29(26,27)23-8-6-22(7-9-23)19(25)12-28-17-5-3-14(20)11-15(17)21/h2-5,10-11,24H,6-9,12H2,1H3. The van der Waals surface area contributed by atoms with Crippen molar-refractivity contribution in [2.45, 2.75) is 11.8 Å². The molecule has 10 heteroatoms. The molecular weight excluding hydrogens is 467 g/mol. The fourth-order valence-electron chi connectivity index (χ4n) is 2.97. The van der Waals surface area contributed by atoms with E-state index in [9.17, 15) is 22.7 Å². The maximum atomic E-state index is 13.8. The number of nitrogens with zero attached hydrogens (tertiary/aromatic N) is 2. The predicted octanol–water partition coefficient (Wildman–Crippen LogP) is 2.51. The summed E-state index contributed by atoms with van der Waals surface area (Å²) >= 11 is 3.15. The Balaban J connectivity index is 1.59. The Hall–Kier alpha value is -2.17. The van der Waals surface area contributed by atoms with Gasteiger partial charge < -0.3 is 14.7 Å². The van der Waals surface area contributed by atoms with Crippen molar-refractivity contribution in [2.75, 3.05) is 32.8 Å². The monoisotopic (exact) mass is 486 g/mol. The van der Waals surface area contributed by atoms with Crippen molar-refractivity contribution in [3.05, 3.63) is 52.3 Å². The molecular formula is C19H20BrFN2O5S. The average molecular weight is 487 g/mol. The molecule has 1 aliphatic rings. The van der Waals surface area contributed by atoms with Crippen molar-refractivity contribution in [2.24, 2.45) is 0 Å². The molecule has 1 saturated heterocycles. The zero-order valence-corrected chi connectivity index (χ0v) is 18.0. The van der Waals surface area contributed by atoms with E-state index in [1.54, 1.807) is 19.1 Å². The number of aromatic hydroxyl groups is 1. The number of phenols is 1. The highest BCUT2D eigenvalue weighted by Crippen LogP contribution is 2.27. The SMILES string of the molecule is Cc1ccc(O)c(S(=O)(=O)N2CCN(C(=O)COc3ccc(Br)cc3F)CC2)c1. The Labute approximate surface area is 176 Å². The van der Waals surface area contributed by atoms with E-state index in [0.29, 0.717) is 10.0 Å². The van der Waals surface area contributed by atoms with Gasteiger partial charge in [-0.05, 0) is 42.8 Å². The Morgan fingerprint density at radius 3 is 2.52 bits per heavy atom. The van der Waals surface area contributed by atoms with E-state index >= 15 is 0 Å². The number of benzene rings is 2. The summed E-state index contributed by atoms with van der Waals surface area (Å²) < 4.78 is 46.4. The molecule has 3 rings (SSSR count). The van der Waals surface area contributed by atoms with Crippen LogP contribution in [0.3, 0.4) is 0 Å². The molecule has 0 aliphatic carbocycles. The molecule has 0 unspecified atom stereocenters. The first-order valence-electron chi connectivity index (χ1n) is 8.84. The molecule has 1 amide bonds. The third-order valence-electron chi connectivity index (χ3n) is 4.57. The number of sulfonamides is 1. The summed E-state index contributed by atoms with van der Waals surface area (Å²) in [4.78, 5) is 13.7. The smallest absolute Gasteiger partial charge is 0.260 e. The van der Waals surface area contributed by atoms with Crippen molar-refractivity contribution >= 4 is 31.9 Å². The van der Waals surface area contributed by atoms with E-state index in [0.717, 1.165) is 0 Å². The number of amides is 1. The lowest BCUT2D eigenvalue weighted by molar-refractivity contribution is -0.134. The molecule has 0 radical (unpaired) electrons. The number of phenolic OH excluding ortho intramolecular Hbond substituents is 1. The van der Waals surface area contributed by atoms with Gasteiger partial charge >= 0.3 is 0 Å². The molecule has 29 heavy (non-hydrogen) atoms. The molecule has 0 bridgehead atoms. The second kappa shape index (κ2) is 8.68. The summed E-state index contributed by atoms with van der Waals surface area (Å²) in [6.45, 7) is 1.93. The van der Waals surface area contributed by atoms with Gasteiger partial charge in [0.15, 0.2) is 18.2 Å². The number of carbonyl (C=O) groups excluding carboxylic acids is 1. The molecule has 0 saturated carbocycles. The molecule has 0 spiro atoms. The lowest BCUT2D eigenvalue weighted by atomic mass is 10.2. The molecule has 1 fully saturated rings. The molecule has 1 N–H and O–H groups in total. The zero-order chi connectivity index (χ0) is 21.2. The molecule has 0 aromatic heterocycles. The Bertz CT molecular complexity index is 1020. The minimum absolute atomic E-state index is 0.0299. The van der Waals surface area contributed by atoms with Gasteiger partial charge in [-0.25, -0.2) is 12.8 Å². The lowest BCUT2D eigenvalue weighted by Gasteiger charge is -2.34. The minimum Gasteiger partial charge on any atom is -0.507 e. The molecule has 0 atom stereocenters. The van der Waals surface area contributed by atoms with E-state index in [2.05, 4.69) is 15.9 Å². The molecule has 156 valence electrons. The van der Waals surface area contributed by atoms with Crippen LogP contribution in [0, 0.1) is 12.7 Å². The fourth-order valence-corrected chi connectivity index (χ4v) is 4.89. The van der Waals surface area contributed by atoms with Crippen LogP contribution in [-0.2, 0) is 14.8 Å². The number of halogens is 2. The van der Waals surface area contributed by atoms with Gasteiger partial charge in [-0.1, -0.05) is 22.0 Å². The second-order valence-electron chi connectivity index (χ2n) is 6.62. The van der Waals surface area contributed by atoms with Crippen LogP contribution < -0.4 is 4.74 Å². The molecule has 1 aliphatic heterocycles. The highest BCUT2D eigenvalue weighted by atomic mass is 79.9. The van der Waals surface area contributed by atoms with Gasteiger partial charge in [-0.2, -0.15) is 4.31 Å². The number of piperazine rings is 1. The van der Waals surface area contributed by atoms with E-state index in [1.165, 1.54) is 33.5 Å². The van der Waals surface area contributed by atoms with Crippen molar-refractivity contribution < 1.29 is 27.4 Å². The lowest BCUT2D eigenvalue weighted by Crippen LogP contribution is -2.51. The van der Waals surface area contributed by atoms with E-state index < -0.39 is 15.8 Å². The first-order valence-corrected chi connectivity index (χ1v) is 11.1. The summed E-state index contributed by atoms with van der Waals surface area (Å²) in [5, 5.41) is 9.94. The van der Waals surface area contributed by atoms with Crippen LogP contribution in [-0.4, -0.2) is 61.4 Å². The third-order valence-corrected chi connectivity index (χ3v) is 6.99. The number of aryl methyl sites for hydroxylation is 1. The Kier molecular flexibility index (Phi) is 6.45. The minimum atomic E-state index is -3.87. The van der Waals surface area contributed by atoms with Gasteiger partial charge in [-0.3, -0.25) is 4.79 Å². The molecule has 7 nitrogen and oxygen atoms in total. The summed E-state index contributed by atoms with van der Waals surface area (Å²) in [6.07, 6.45) is 0.